The van der Waals surface area contributed by atoms with E-state index in [0.717, 1.165) is 0 Å². The Morgan fingerprint density at radius 2 is 2.00 bits per heavy atom. The van der Waals surface area contributed by atoms with Gasteiger partial charge in [0.1, 0.15) is 0 Å². The van der Waals surface area contributed by atoms with E-state index in [1.54, 1.807) is 0 Å². The Hall–Kier alpha value is 0. The Morgan fingerprint density at radius 3 is 2.00 bits per heavy atom. The van der Waals surface area contributed by atoms with Crippen molar-refractivity contribution in [1.82, 2.24) is 0 Å². The largest absolute Gasteiger partial charge is 0.0597 e. The second-order valence-corrected chi connectivity index (χ2v) is 1.21. The molecule has 0 fully saturated rings. The van der Waals surface area contributed by atoms with Gasteiger partial charge in [-0.25, -0.2) is 0 Å². The van der Waals surface area contributed by atoms with Gasteiger partial charge in [-0.05, 0) is 5.92 Å². The second kappa shape index (κ2) is 1.33. The molecule has 0 aliphatic carbocycles. The first-order valence-corrected chi connectivity index (χ1v) is 1.35. The van der Waals surface area contributed by atoms with Gasteiger partial charge in [0, 0.05) is 1.37 Å². The first-order valence-electron chi connectivity index (χ1n) is 2.06. The zero-order valence-corrected chi connectivity index (χ0v) is 3.21. The summed E-state index contributed by atoms with van der Waals surface area (Å²) in [6.07, 6.45) is 0. The van der Waals surface area contributed by atoms with Gasteiger partial charge >= 0.3 is 0 Å². The first-order chi connectivity index (χ1) is 2.27. The minimum absolute atomic E-state index is 0.472. The van der Waals surface area contributed by atoms with Gasteiger partial charge in [-0.1, -0.05) is 20.7 Å². The topological polar surface area (TPSA) is 0 Å². The van der Waals surface area contributed by atoms with Crippen molar-refractivity contribution in [3.05, 3.63) is 5.92 Å². The van der Waals surface area contributed by atoms with Gasteiger partial charge in [0.15, 0.2) is 0 Å². The molecule has 0 aromatic carbocycles. The molecular weight excluding hydrogens is 48.0 g/mol. The molecule has 0 atom stereocenters. The smallest absolute Gasteiger partial charge is 0.0236 e. The van der Waals surface area contributed by atoms with E-state index < -0.39 is 0 Å². The lowest BCUT2D eigenvalue weighted by molar-refractivity contribution is 1.10. The molecule has 0 rings (SSSR count). The van der Waals surface area contributed by atoms with E-state index in [4.69, 9.17) is 1.37 Å². The first kappa shape index (κ1) is 2.25. The van der Waals surface area contributed by atoms with Crippen molar-refractivity contribution in [2.24, 2.45) is 0 Å². The van der Waals surface area contributed by atoms with Gasteiger partial charge in [0.25, 0.3) is 0 Å². The van der Waals surface area contributed by atoms with Crippen LogP contribution in [0, 0.1) is 5.92 Å². The standard InChI is InChI=1S/C4H9/c1-4(2)3/h1-3H3/i1D. The van der Waals surface area contributed by atoms with E-state index >= 15 is 0 Å². The molecule has 0 heteroatoms. The van der Waals surface area contributed by atoms with Gasteiger partial charge in [-0.3, -0.25) is 0 Å². The predicted octanol–water partition coefficient (Wildman–Crippen LogP) is 1.62. The van der Waals surface area contributed by atoms with Crippen molar-refractivity contribution in [2.75, 3.05) is 0 Å². The van der Waals surface area contributed by atoms with Gasteiger partial charge in [0.2, 0.25) is 0 Å². The fourth-order valence-electron chi connectivity index (χ4n) is 0. The van der Waals surface area contributed by atoms with Crippen LogP contribution in [0.4, 0.5) is 0 Å². The van der Waals surface area contributed by atoms with Gasteiger partial charge in [-0.2, -0.15) is 0 Å². The van der Waals surface area contributed by atoms with Crippen LogP contribution in [0.3, 0.4) is 0 Å². The lowest BCUT2D eigenvalue weighted by atomic mass is 10.3. The minimum atomic E-state index is 0.472. The summed E-state index contributed by atoms with van der Waals surface area (Å²) >= 11 is 0. The Bertz CT molecular complexity index is 17.6. The van der Waals surface area contributed by atoms with Gasteiger partial charge in [-0.15, -0.1) is 0 Å². The molecule has 0 unspecified atom stereocenters. The predicted molar refractivity (Wildman–Crippen MR) is 20.3 cm³/mol. The Morgan fingerprint density at radius 1 is 1.75 bits per heavy atom. The van der Waals surface area contributed by atoms with Crippen LogP contribution in [-0.2, 0) is 0 Å². The van der Waals surface area contributed by atoms with Gasteiger partial charge < -0.3 is 0 Å². The molecule has 0 aliphatic rings. The molecule has 0 amide bonds. The van der Waals surface area contributed by atoms with E-state index in [9.17, 15) is 0 Å². The summed E-state index contributed by atoms with van der Waals surface area (Å²) in [5, 5.41) is 0. The molecule has 4 heavy (non-hydrogen) atoms. The average molecular weight is 58.1 g/mol. The van der Waals surface area contributed by atoms with Crippen LogP contribution in [0.25, 0.3) is 0 Å². The minimum Gasteiger partial charge on any atom is -0.0597 e. The summed E-state index contributed by atoms with van der Waals surface area (Å²) in [5.74, 6) is 1.17. The van der Waals surface area contributed by atoms with Crippen molar-refractivity contribution in [3.63, 3.8) is 0 Å². The molecule has 0 nitrogen and oxygen atoms in total. The SMILES string of the molecule is [2H]C[C](C)C. The third-order valence-corrected chi connectivity index (χ3v) is 0. The molecule has 0 aliphatic heterocycles. The molecule has 0 spiro atoms. The summed E-state index contributed by atoms with van der Waals surface area (Å²) in [4.78, 5) is 0. The summed E-state index contributed by atoms with van der Waals surface area (Å²) in [7, 11) is 0. The van der Waals surface area contributed by atoms with Crippen molar-refractivity contribution in [2.45, 2.75) is 20.7 Å². The normalized spacial score (nSPS) is 12.2. The van der Waals surface area contributed by atoms with Crippen molar-refractivity contribution >= 4 is 0 Å². The highest BCUT2D eigenvalue weighted by molar-refractivity contribution is 4.64. The zero-order chi connectivity index (χ0) is 4.28. The van der Waals surface area contributed by atoms with Crippen LogP contribution < -0.4 is 0 Å². The molecule has 0 saturated heterocycles. The van der Waals surface area contributed by atoms with E-state index in [-0.39, 0.29) is 0 Å². The lowest BCUT2D eigenvalue weighted by Gasteiger charge is -1.78. The molecule has 0 N–H and O–H groups in total. The fourth-order valence-corrected chi connectivity index (χ4v) is 0. The molecule has 0 heterocycles. The number of rotatable bonds is 0. The third kappa shape index (κ3) is 0. The molecule has 0 aromatic heterocycles. The maximum atomic E-state index is 6.62. The van der Waals surface area contributed by atoms with Crippen LogP contribution in [0.2, 0.25) is 0 Å². The zero-order valence-electron chi connectivity index (χ0n) is 4.21. The molecule has 25 valence electrons. The van der Waals surface area contributed by atoms with E-state index in [2.05, 4.69) is 0 Å². The van der Waals surface area contributed by atoms with Crippen LogP contribution >= 0.6 is 0 Å². The third-order valence-electron chi connectivity index (χ3n) is 0. The molecule has 1 radical (unpaired) electrons. The summed E-state index contributed by atoms with van der Waals surface area (Å²) in [6.45, 7) is 4.38. The number of hydrogen-bond donors (Lipinski definition) is 0. The molecule has 0 bridgehead atoms. The Labute approximate surface area is 29.2 Å². The van der Waals surface area contributed by atoms with Gasteiger partial charge in [0.05, 0.1) is 0 Å². The number of hydrogen-bond acceptors (Lipinski definition) is 0. The highest BCUT2D eigenvalue weighted by Crippen LogP contribution is 1.85. The summed E-state index contributed by atoms with van der Waals surface area (Å²) in [6, 6.07) is 0. The lowest BCUT2D eigenvalue weighted by Crippen LogP contribution is -1.62. The van der Waals surface area contributed by atoms with E-state index in [0.29, 0.717) is 6.90 Å². The average Bonchev–Trinajstić information content (AvgIpc) is 1.38. The second-order valence-electron chi connectivity index (χ2n) is 1.21. The Kier molecular flexibility index (Phi) is 0.750. The summed E-state index contributed by atoms with van der Waals surface area (Å²) < 4.78 is 6.62. The van der Waals surface area contributed by atoms with Crippen LogP contribution in [0.5, 0.6) is 0 Å². The summed E-state index contributed by atoms with van der Waals surface area (Å²) in [5.41, 5.74) is 0. The molecule has 0 saturated carbocycles. The fraction of sp³-hybridized carbons (Fsp3) is 0.750. The molecular formula is C4H9. The van der Waals surface area contributed by atoms with Crippen LogP contribution in [-0.4, -0.2) is 0 Å². The van der Waals surface area contributed by atoms with Crippen LogP contribution in [0.1, 0.15) is 22.1 Å². The van der Waals surface area contributed by atoms with Crippen molar-refractivity contribution in [3.8, 4) is 0 Å². The van der Waals surface area contributed by atoms with Crippen molar-refractivity contribution in [1.29, 1.82) is 0 Å². The Balaban J connectivity index is 2.54. The molecule has 0 aromatic rings. The van der Waals surface area contributed by atoms with Crippen LogP contribution in [0.15, 0.2) is 0 Å². The monoisotopic (exact) mass is 58.1 g/mol. The van der Waals surface area contributed by atoms with E-state index in [1.165, 1.54) is 5.92 Å². The quantitative estimate of drug-likeness (QED) is 0.397. The highest BCUT2D eigenvalue weighted by atomic mass is 13.7. The highest BCUT2D eigenvalue weighted by Gasteiger charge is 1.69. The maximum Gasteiger partial charge on any atom is 0.0236 e. The van der Waals surface area contributed by atoms with E-state index in [1.807, 2.05) is 13.8 Å². The maximum absolute atomic E-state index is 6.62. The van der Waals surface area contributed by atoms with Crippen molar-refractivity contribution < 1.29 is 1.37 Å².